The van der Waals surface area contributed by atoms with Crippen LogP contribution in [-0.4, -0.2) is 41.8 Å². The number of pyridine rings is 1. The van der Waals surface area contributed by atoms with Crippen molar-refractivity contribution in [3.63, 3.8) is 0 Å². The van der Waals surface area contributed by atoms with Crippen molar-refractivity contribution in [3.8, 4) is 5.75 Å². The molecule has 0 aliphatic heterocycles. The van der Waals surface area contributed by atoms with Gasteiger partial charge < -0.3 is 19.7 Å². The number of fused-ring (bicyclic) bond motifs is 1. The van der Waals surface area contributed by atoms with E-state index in [0.717, 1.165) is 41.6 Å². The normalized spacial score (nSPS) is 16.3. The minimum atomic E-state index is -0.0508. The SMILES string of the molecule is CCOc1ccc2[nH]c(=O)c(CN(C)CC3(CO)CCC3)cc2c1. The van der Waals surface area contributed by atoms with Gasteiger partial charge in [0.15, 0.2) is 0 Å². The smallest absolute Gasteiger partial charge is 0.252 e. The molecule has 1 saturated carbocycles. The fourth-order valence-electron chi connectivity index (χ4n) is 3.57. The molecule has 0 amide bonds. The lowest BCUT2D eigenvalue weighted by atomic mass is 9.69. The van der Waals surface area contributed by atoms with Crippen LogP contribution >= 0.6 is 0 Å². The zero-order valence-electron chi connectivity index (χ0n) is 14.5. The molecule has 1 aliphatic rings. The molecule has 24 heavy (non-hydrogen) atoms. The summed E-state index contributed by atoms with van der Waals surface area (Å²) in [5.74, 6) is 0.810. The summed E-state index contributed by atoms with van der Waals surface area (Å²) < 4.78 is 5.54. The standard InChI is InChI=1S/C19H26N2O3/c1-3-24-16-5-6-17-14(10-16)9-15(18(23)20-17)11-21(2)12-19(13-22)7-4-8-19/h5-6,9-10,22H,3-4,7-8,11-13H2,1-2H3,(H,20,23). The van der Waals surface area contributed by atoms with E-state index >= 15 is 0 Å². The Kier molecular flexibility index (Phi) is 4.92. The Labute approximate surface area is 142 Å². The van der Waals surface area contributed by atoms with Crippen molar-refractivity contribution in [1.82, 2.24) is 9.88 Å². The van der Waals surface area contributed by atoms with Gasteiger partial charge in [0.25, 0.3) is 5.56 Å². The van der Waals surface area contributed by atoms with Crippen LogP contribution in [0.25, 0.3) is 10.9 Å². The molecule has 1 aromatic carbocycles. The van der Waals surface area contributed by atoms with E-state index < -0.39 is 0 Å². The number of hydrogen-bond donors (Lipinski definition) is 2. The number of rotatable bonds is 7. The first-order chi connectivity index (χ1) is 11.5. The molecule has 1 aromatic heterocycles. The van der Waals surface area contributed by atoms with Gasteiger partial charge >= 0.3 is 0 Å². The molecule has 2 N–H and O–H groups in total. The minimum Gasteiger partial charge on any atom is -0.494 e. The van der Waals surface area contributed by atoms with Crippen LogP contribution in [0.1, 0.15) is 31.7 Å². The molecular formula is C19H26N2O3. The van der Waals surface area contributed by atoms with Crippen molar-refractivity contribution in [2.24, 2.45) is 5.41 Å². The molecule has 0 saturated heterocycles. The summed E-state index contributed by atoms with van der Waals surface area (Å²) in [7, 11) is 2.01. The molecule has 0 atom stereocenters. The Morgan fingerprint density at radius 2 is 2.12 bits per heavy atom. The fourth-order valence-corrected chi connectivity index (χ4v) is 3.57. The number of hydrogen-bond acceptors (Lipinski definition) is 4. The molecule has 0 spiro atoms. The predicted octanol–water partition coefficient (Wildman–Crippen LogP) is 2.52. The van der Waals surface area contributed by atoms with Gasteiger partial charge in [-0.3, -0.25) is 4.79 Å². The highest BCUT2D eigenvalue weighted by Gasteiger charge is 2.37. The van der Waals surface area contributed by atoms with Gasteiger partial charge in [-0.1, -0.05) is 6.42 Å². The Morgan fingerprint density at radius 3 is 2.75 bits per heavy atom. The quantitative estimate of drug-likeness (QED) is 0.819. The van der Waals surface area contributed by atoms with E-state index in [2.05, 4.69) is 9.88 Å². The second-order valence-electron chi connectivity index (χ2n) is 6.99. The molecule has 1 fully saturated rings. The van der Waals surface area contributed by atoms with Gasteiger partial charge in [0, 0.05) is 41.6 Å². The van der Waals surface area contributed by atoms with E-state index in [1.54, 1.807) is 0 Å². The van der Waals surface area contributed by atoms with Gasteiger partial charge in [0.05, 0.1) is 6.61 Å². The third-order valence-electron chi connectivity index (χ3n) is 5.00. The van der Waals surface area contributed by atoms with Crippen molar-refractivity contribution in [3.05, 3.63) is 40.2 Å². The molecule has 0 bridgehead atoms. The molecule has 0 unspecified atom stereocenters. The van der Waals surface area contributed by atoms with Crippen LogP contribution in [0.3, 0.4) is 0 Å². The average Bonchev–Trinajstić information content (AvgIpc) is 2.52. The summed E-state index contributed by atoms with van der Waals surface area (Å²) in [6, 6.07) is 7.65. The first-order valence-electron chi connectivity index (χ1n) is 8.63. The molecule has 0 radical (unpaired) electrons. The number of ether oxygens (including phenoxy) is 1. The first kappa shape index (κ1) is 17.0. The van der Waals surface area contributed by atoms with E-state index in [4.69, 9.17) is 4.74 Å². The van der Waals surface area contributed by atoms with Gasteiger partial charge in [-0.15, -0.1) is 0 Å². The van der Waals surface area contributed by atoms with E-state index in [1.807, 2.05) is 38.2 Å². The van der Waals surface area contributed by atoms with E-state index in [9.17, 15) is 9.90 Å². The van der Waals surface area contributed by atoms with Crippen molar-refractivity contribution in [1.29, 1.82) is 0 Å². The number of aliphatic hydroxyl groups is 1. The summed E-state index contributed by atoms with van der Waals surface area (Å²) in [5, 5.41) is 10.6. The van der Waals surface area contributed by atoms with Gasteiger partial charge in [0.1, 0.15) is 5.75 Å². The number of aromatic nitrogens is 1. The second-order valence-corrected chi connectivity index (χ2v) is 6.99. The highest BCUT2D eigenvalue weighted by atomic mass is 16.5. The molecule has 2 aromatic rings. The zero-order chi connectivity index (χ0) is 17.2. The molecule has 130 valence electrons. The van der Waals surface area contributed by atoms with Crippen LogP contribution in [0, 0.1) is 5.41 Å². The molecule has 1 heterocycles. The number of benzene rings is 1. The Morgan fingerprint density at radius 1 is 1.33 bits per heavy atom. The summed E-state index contributed by atoms with van der Waals surface area (Å²) in [6.07, 6.45) is 3.32. The summed E-state index contributed by atoms with van der Waals surface area (Å²) in [5.41, 5.74) is 1.54. The van der Waals surface area contributed by atoms with E-state index in [-0.39, 0.29) is 17.6 Å². The molecule has 1 aliphatic carbocycles. The highest BCUT2D eigenvalue weighted by Crippen LogP contribution is 2.40. The van der Waals surface area contributed by atoms with Crippen LogP contribution in [-0.2, 0) is 6.54 Å². The molecule has 3 rings (SSSR count). The summed E-state index contributed by atoms with van der Waals surface area (Å²) in [6.45, 7) is 4.19. The van der Waals surface area contributed by atoms with Gasteiger partial charge in [-0.05, 0) is 51.1 Å². The van der Waals surface area contributed by atoms with Gasteiger partial charge in [-0.25, -0.2) is 0 Å². The maximum absolute atomic E-state index is 12.3. The number of nitrogens with one attached hydrogen (secondary N) is 1. The lowest BCUT2D eigenvalue weighted by Crippen LogP contribution is -2.43. The number of aliphatic hydroxyl groups excluding tert-OH is 1. The number of H-pyrrole nitrogens is 1. The van der Waals surface area contributed by atoms with Crippen LogP contribution in [0.15, 0.2) is 29.1 Å². The van der Waals surface area contributed by atoms with Crippen LogP contribution in [0.4, 0.5) is 0 Å². The van der Waals surface area contributed by atoms with Crippen LogP contribution in [0.2, 0.25) is 0 Å². The predicted molar refractivity (Wildman–Crippen MR) is 95.4 cm³/mol. The third kappa shape index (κ3) is 3.47. The Balaban J connectivity index is 1.80. The van der Waals surface area contributed by atoms with Gasteiger partial charge in [-0.2, -0.15) is 0 Å². The lowest BCUT2D eigenvalue weighted by Gasteiger charge is -2.43. The number of aromatic amines is 1. The Bertz CT molecular complexity index is 759. The topological polar surface area (TPSA) is 65.6 Å². The minimum absolute atomic E-state index is 0.0283. The summed E-state index contributed by atoms with van der Waals surface area (Å²) in [4.78, 5) is 17.4. The maximum Gasteiger partial charge on any atom is 0.252 e. The van der Waals surface area contributed by atoms with E-state index in [1.165, 1.54) is 6.42 Å². The monoisotopic (exact) mass is 330 g/mol. The zero-order valence-corrected chi connectivity index (χ0v) is 14.5. The maximum atomic E-state index is 12.3. The van der Waals surface area contributed by atoms with Crippen molar-refractivity contribution < 1.29 is 9.84 Å². The van der Waals surface area contributed by atoms with Crippen molar-refractivity contribution in [2.75, 3.05) is 26.8 Å². The summed E-state index contributed by atoms with van der Waals surface area (Å²) >= 11 is 0. The number of nitrogens with zero attached hydrogens (tertiary/aromatic N) is 1. The van der Waals surface area contributed by atoms with Crippen LogP contribution < -0.4 is 10.3 Å². The highest BCUT2D eigenvalue weighted by molar-refractivity contribution is 5.80. The largest absolute Gasteiger partial charge is 0.494 e. The average molecular weight is 330 g/mol. The van der Waals surface area contributed by atoms with E-state index in [0.29, 0.717) is 13.2 Å². The van der Waals surface area contributed by atoms with Crippen LogP contribution in [0.5, 0.6) is 5.75 Å². The van der Waals surface area contributed by atoms with Crippen molar-refractivity contribution >= 4 is 10.9 Å². The fraction of sp³-hybridized carbons (Fsp3) is 0.526. The lowest BCUT2D eigenvalue weighted by molar-refractivity contribution is 0.0127. The van der Waals surface area contributed by atoms with Crippen molar-refractivity contribution in [2.45, 2.75) is 32.7 Å². The molecule has 5 nitrogen and oxygen atoms in total. The Hall–Kier alpha value is -1.85. The third-order valence-corrected chi connectivity index (χ3v) is 5.00. The van der Waals surface area contributed by atoms with Gasteiger partial charge in [0.2, 0.25) is 0 Å². The second kappa shape index (κ2) is 6.95. The molecule has 5 heteroatoms. The first-order valence-corrected chi connectivity index (χ1v) is 8.63. The molecular weight excluding hydrogens is 304 g/mol.